The van der Waals surface area contributed by atoms with E-state index in [1.807, 2.05) is 22.7 Å². The molecule has 0 amide bonds. The molecule has 1 unspecified atom stereocenters. The molecule has 0 saturated carbocycles. The van der Waals surface area contributed by atoms with Gasteiger partial charge in [-0.1, -0.05) is 127 Å². The zero-order chi connectivity index (χ0) is 32.8. The molecule has 1 atom stereocenters. The van der Waals surface area contributed by atoms with E-state index in [-0.39, 0.29) is 6.17 Å². The molecule has 1 aliphatic heterocycles. The van der Waals surface area contributed by atoms with E-state index >= 15 is 0 Å². The first kappa shape index (κ1) is 28.1. The molecule has 11 rings (SSSR count). The van der Waals surface area contributed by atoms with Crippen molar-refractivity contribution in [3.05, 3.63) is 179 Å². The molecular weight excluding hydrogens is 645 g/mol. The molecule has 234 valence electrons. The second-order valence-electron chi connectivity index (χ2n) is 13.1. The molecule has 2 nitrogen and oxygen atoms in total. The SMILES string of the molecule is c1ccc(C2=c3sc4ccccc4c3=NC(c3cc(-c4ccc5c6ccccc6c6ccccc6c5c4)c4c(c3)sc3ccccc34)N2)cc1. The maximum absolute atomic E-state index is 5.48. The van der Waals surface area contributed by atoms with Crippen LogP contribution in [-0.2, 0) is 0 Å². The summed E-state index contributed by atoms with van der Waals surface area (Å²) in [7, 11) is 0. The van der Waals surface area contributed by atoms with Crippen LogP contribution in [0.1, 0.15) is 17.3 Å². The first-order chi connectivity index (χ1) is 24.8. The summed E-state index contributed by atoms with van der Waals surface area (Å²) in [6.45, 7) is 0. The van der Waals surface area contributed by atoms with Crippen LogP contribution >= 0.6 is 22.7 Å². The maximum atomic E-state index is 5.48. The summed E-state index contributed by atoms with van der Waals surface area (Å²) in [5, 5.41) is 16.6. The minimum atomic E-state index is -0.241. The Bertz CT molecular complexity index is 3100. The van der Waals surface area contributed by atoms with Gasteiger partial charge in [0.15, 0.2) is 0 Å². The van der Waals surface area contributed by atoms with Crippen molar-refractivity contribution in [3.63, 3.8) is 0 Å². The van der Waals surface area contributed by atoms with Gasteiger partial charge in [0.25, 0.3) is 0 Å². The third-order valence-corrected chi connectivity index (χ3v) is 12.6. The maximum Gasteiger partial charge on any atom is 0.145 e. The zero-order valence-corrected chi connectivity index (χ0v) is 28.5. The van der Waals surface area contributed by atoms with Crippen LogP contribution in [0.4, 0.5) is 0 Å². The van der Waals surface area contributed by atoms with Crippen LogP contribution in [0.3, 0.4) is 0 Å². The van der Waals surface area contributed by atoms with Gasteiger partial charge in [0.2, 0.25) is 0 Å². The molecule has 1 aliphatic rings. The van der Waals surface area contributed by atoms with Gasteiger partial charge in [-0.2, -0.15) is 0 Å². The van der Waals surface area contributed by atoms with Crippen LogP contribution in [0.15, 0.2) is 163 Å². The van der Waals surface area contributed by atoms with Gasteiger partial charge in [0.1, 0.15) is 6.17 Å². The minimum absolute atomic E-state index is 0.241. The monoisotopic (exact) mass is 672 g/mol. The number of hydrogen-bond acceptors (Lipinski definition) is 4. The molecule has 8 aromatic carbocycles. The summed E-state index contributed by atoms with van der Waals surface area (Å²) in [6, 6.07) is 57.7. The van der Waals surface area contributed by atoms with Crippen LogP contribution in [-0.4, -0.2) is 0 Å². The van der Waals surface area contributed by atoms with Crippen molar-refractivity contribution in [2.75, 3.05) is 0 Å². The van der Waals surface area contributed by atoms with Crippen molar-refractivity contribution in [1.29, 1.82) is 0 Å². The minimum Gasteiger partial charge on any atom is -0.358 e. The fourth-order valence-corrected chi connectivity index (χ4v) is 10.4. The Morgan fingerprint density at radius 3 is 1.74 bits per heavy atom. The standard InChI is InChI=1S/C46H28N2S2/c1-2-12-27(13-3-1)43-45-44(36-19-9-11-21-40(36)50-45)48-46(47-43)29-25-37(42-35-18-8-10-20-39(35)49-41(42)26-29)28-22-23-34-32-16-5-4-14-30(32)31-15-6-7-17-33(31)38(34)24-28/h1-26,46-47H. The van der Waals surface area contributed by atoms with Crippen molar-refractivity contribution in [2.24, 2.45) is 4.99 Å². The summed E-state index contributed by atoms with van der Waals surface area (Å²) in [4.78, 5) is 5.48. The summed E-state index contributed by atoms with van der Waals surface area (Å²) >= 11 is 3.69. The van der Waals surface area contributed by atoms with Crippen molar-refractivity contribution in [2.45, 2.75) is 6.17 Å². The van der Waals surface area contributed by atoms with Crippen molar-refractivity contribution < 1.29 is 0 Å². The van der Waals surface area contributed by atoms with Crippen LogP contribution in [0.25, 0.3) is 79.4 Å². The fraction of sp³-hybridized carbons (Fsp3) is 0.0217. The lowest BCUT2D eigenvalue weighted by atomic mass is 9.90. The van der Waals surface area contributed by atoms with Crippen molar-refractivity contribution >= 4 is 90.9 Å². The Balaban J connectivity index is 1.19. The fourth-order valence-electron chi connectivity index (χ4n) is 8.01. The smallest absolute Gasteiger partial charge is 0.145 e. The van der Waals surface area contributed by atoms with E-state index in [2.05, 4.69) is 163 Å². The third-order valence-electron chi connectivity index (χ3n) is 10.3. The Morgan fingerprint density at radius 1 is 0.440 bits per heavy atom. The van der Waals surface area contributed by atoms with Gasteiger partial charge in [0, 0.05) is 30.3 Å². The molecular formula is C46H28N2S2. The lowest BCUT2D eigenvalue weighted by molar-refractivity contribution is 0.640. The number of fused-ring (bicyclic) bond motifs is 12. The second kappa shape index (κ2) is 10.8. The molecule has 10 aromatic rings. The van der Waals surface area contributed by atoms with Gasteiger partial charge >= 0.3 is 0 Å². The van der Waals surface area contributed by atoms with Crippen LogP contribution in [0.5, 0.6) is 0 Å². The lowest BCUT2D eigenvalue weighted by Crippen LogP contribution is -2.37. The van der Waals surface area contributed by atoms with Gasteiger partial charge in [-0.25, -0.2) is 0 Å². The molecule has 4 heteroatoms. The molecule has 1 N–H and O–H groups in total. The predicted molar refractivity (Wildman–Crippen MR) is 215 cm³/mol. The molecule has 2 aromatic heterocycles. The van der Waals surface area contributed by atoms with E-state index in [1.165, 1.54) is 83.8 Å². The highest BCUT2D eigenvalue weighted by Gasteiger charge is 2.23. The normalized spacial score (nSPS) is 14.5. The number of hydrogen-bond donors (Lipinski definition) is 1. The quantitative estimate of drug-likeness (QED) is 0.186. The molecule has 50 heavy (non-hydrogen) atoms. The first-order valence-corrected chi connectivity index (χ1v) is 18.6. The van der Waals surface area contributed by atoms with E-state index in [9.17, 15) is 0 Å². The third kappa shape index (κ3) is 4.16. The number of nitrogens with one attached hydrogen (secondary N) is 1. The number of nitrogens with zero attached hydrogens (tertiary/aromatic N) is 1. The van der Waals surface area contributed by atoms with Gasteiger partial charge in [-0.05, 0) is 84.9 Å². The number of benzene rings is 8. The summed E-state index contributed by atoms with van der Waals surface area (Å²) in [5.41, 5.74) is 5.95. The van der Waals surface area contributed by atoms with E-state index in [0.717, 1.165) is 16.6 Å². The van der Waals surface area contributed by atoms with E-state index in [0.29, 0.717) is 0 Å². The average Bonchev–Trinajstić information content (AvgIpc) is 3.76. The van der Waals surface area contributed by atoms with E-state index in [4.69, 9.17) is 4.99 Å². The van der Waals surface area contributed by atoms with Crippen molar-refractivity contribution in [1.82, 2.24) is 5.32 Å². The lowest BCUT2D eigenvalue weighted by Gasteiger charge is -2.23. The topological polar surface area (TPSA) is 24.4 Å². The Labute approximate surface area is 295 Å². The highest BCUT2D eigenvalue weighted by atomic mass is 32.1. The van der Waals surface area contributed by atoms with Crippen LogP contribution in [0, 0.1) is 0 Å². The largest absolute Gasteiger partial charge is 0.358 e. The summed E-state index contributed by atoms with van der Waals surface area (Å²) in [6.07, 6.45) is -0.241. The second-order valence-corrected chi connectivity index (χ2v) is 15.2. The molecule has 0 spiro atoms. The highest BCUT2D eigenvalue weighted by Crippen LogP contribution is 2.44. The van der Waals surface area contributed by atoms with Crippen LogP contribution < -0.4 is 15.2 Å². The number of thiophene rings is 2. The summed E-state index contributed by atoms with van der Waals surface area (Å²) in [5.74, 6) is 0. The number of rotatable bonds is 3. The van der Waals surface area contributed by atoms with Crippen molar-refractivity contribution in [3.8, 4) is 11.1 Å². The Kier molecular flexibility index (Phi) is 6.09. The van der Waals surface area contributed by atoms with Gasteiger partial charge in [-0.15, -0.1) is 22.7 Å². The Hall–Kier alpha value is -5.81. The molecule has 3 heterocycles. The molecule has 0 bridgehead atoms. The molecule has 0 saturated heterocycles. The highest BCUT2D eigenvalue weighted by molar-refractivity contribution is 7.26. The summed E-state index contributed by atoms with van der Waals surface area (Å²) < 4.78 is 5.04. The van der Waals surface area contributed by atoms with Gasteiger partial charge in [0.05, 0.1) is 15.6 Å². The van der Waals surface area contributed by atoms with E-state index in [1.54, 1.807) is 0 Å². The Morgan fingerprint density at radius 2 is 1.02 bits per heavy atom. The van der Waals surface area contributed by atoms with Crippen LogP contribution in [0.2, 0.25) is 0 Å². The molecule has 0 aliphatic carbocycles. The molecule has 0 fully saturated rings. The molecule has 0 radical (unpaired) electrons. The van der Waals surface area contributed by atoms with Gasteiger partial charge in [-0.3, -0.25) is 4.99 Å². The predicted octanol–water partition coefficient (Wildman–Crippen LogP) is 11.5. The van der Waals surface area contributed by atoms with Gasteiger partial charge < -0.3 is 5.32 Å². The average molecular weight is 673 g/mol. The zero-order valence-electron chi connectivity index (χ0n) is 26.9. The first-order valence-electron chi connectivity index (χ1n) is 17.0. The van der Waals surface area contributed by atoms with E-state index < -0.39 is 0 Å².